The average molecular weight is 390 g/mol. The lowest BCUT2D eigenvalue weighted by molar-refractivity contribution is -0.114. The molecule has 2 amide bonds. The number of rotatable bonds is 7. The second-order valence-electron chi connectivity index (χ2n) is 6.23. The number of pyridine rings is 1. The summed E-state index contributed by atoms with van der Waals surface area (Å²) in [7, 11) is 0. The first-order valence-electron chi connectivity index (χ1n) is 9.18. The van der Waals surface area contributed by atoms with E-state index in [1.165, 1.54) is 13.1 Å². The minimum Gasteiger partial charge on any atom is -0.492 e. The molecule has 0 fully saturated rings. The summed E-state index contributed by atoms with van der Waals surface area (Å²) in [6.45, 7) is 3.90. The molecule has 2 aromatic carbocycles. The highest BCUT2D eigenvalue weighted by Crippen LogP contribution is 2.27. The quantitative estimate of drug-likeness (QED) is 0.555. The number of amides is 2. The lowest BCUT2D eigenvalue weighted by Gasteiger charge is -2.13. The summed E-state index contributed by atoms with van der Waals surface area (Å²) in [4.78, 5) is 28.0. The Hall–Kier alpha value is -3.87. The van der Waals surface area contributed by atoms with Crippen LogP contribution in [0.5, 0.6) is 5.75 Å². The molecule has 0 unspecified atom stereocenters. The fourth-order valence-corrected chi connectivity index (χ4v) is 2.72. The summed E-state index contributed by atoms with van der Waals surface area (Å²) in [5.74, 6) is 0.239. The lowest BCUT2D eigenvalue weighted by atomic mass is 10.2. The van der Waals surface area contributed by atoms with Crippen molar-refractivity contribution in [2.75, 3.05) is 22.6 Å². The van der Waals surface area contributed by atoms with Gasteiger partial charge in [0.25, 0.3) is 5.91 Å². The van der Waals surface area contributed by atoms with E-state index >= 15 is 0 Å². The van der Waals surface area contributed by atoms with Crippen molar-refractivity contribution in [3.05, 3.63) is 72.6 Å². The standard InChI is InChI=1S/C22H22N4O3/c1-3-29-21-10-5-4-9-20(21)25-19-11-16(13-23-14-19)22(28)26-18-8-6-7-17(12-18)24-15(2)27/h4-14,25H,3H2,1-2H3,(H,24,27)(H,26,28). The molecule has 7 heteroatoms. The molecule has 0 atom stereocenters. The van der Waals surface area contributed by atoms with Gasteiger partial charge in [-0.05, 0) is 43.3 Å². The average Bonchev–Trinajstić information content (AvgIpc) is 2.70. The van der Waals surface area contributed by atoms with E-state index in [-0.39, 0.29) is 11.8 Å². The Kier molecular flexibility index (Phi) is 6.42. The van der Waals surface area contributed by atoms with Gasteiger partial charge in [-0.2, -0.15) is 0 Å². The first-order valence-corrected chi connectivity index (χ1v) is 9.18. The van der Waals surface area contributed by atoms with Crippen molar-refractivity contribution in [3.63, 3.8) is 0 Å². The summed E-state index contributed by atoms with van der Waals surface area (Å²) in [6, 6.07) is 16.2. The molecule has 1 heterocycles. The molecule has 1 aromatic heterocycles. The van der Waals surface area contributed by atoms with E-state index in [0.29, 0.717) is 29.2 Å². The number of carbonyl (C=O) groups excluding carboxylic acids is 2. The van der Waals surface area contributed by atoms with Gasteiger partial charge in [0.1, 0.15) is 5.75 Å². The molecule has 0 spiro atoms. The predicted octanol–water partition coefficient (Wildman–Crippen LogP) is 4.43. The highest BCUT2D eigenvalue weighted by molar-refractivity contribution is 6.05. The Bertz CT molecular complexity index is 1020. The maximum Gasteiger partial charge on any atom is 0.257 e. The number of nitrogens with one attached hydrogen (secondary N) is 3. The van der Waals surface area contributed by atoms with E-state index in [9.17, 15) is 9.59 Å². The van der Waals surface area contributed by atoms with E-state index < -0.39 is 0 Å². The monoisotopic (exact) mass is 390 g/mol. The zero-order valence-corrected chi connectivity index (χ0v) is 16.2. The zero-order valence-electron chi connectivity index (χ0n) is 16.2. The fraction of sp³-hybridized carbons (Fsp3) is 0.136. The van der Waals surface area contributed by atoms with Crippen molar-refractivity contribution in [2.24, 2.45) is 0 Å². The van der Waals surface area contributed by atoms with Crippen LogP contribution in [-0.2, 0) is 4.79 Å². The number of aromatic nitrogens is 1. The summed E-state index contributed by atoms with van der Waals surface area (Å²) >= 11 is 0. The van der Waals surface area contributed by atoms with Gasteiger partial charge >= 0.3 is 0 Å². The lowest BCUT2D eigenvalue weighted by Crippen LogP contribution is -2.13. The molecular formula is C22H22N4O3. The SMILES string of the molecule is CCOc1ccccc1Nc1cncc(C(=O)Nc2cccc(NC(C)=O)c2)c1. The molecule has 3 aromatic rings. The summed E-state index contributed by atoms with van der Waals surface area (Å²) in [6.07, 6.45) is 3.13. The molecule has 148 valence electrons. The minimum atomic E-state index is -0.306. The third-order valence-corrected chi connectivity index (χ3v) is 3.91. The molecule has 0 aliphatic heterocycles. The first kappa shape index (κ1) is 19.9. The summed E-state index contributed by atoms with van der Waals surface area (Å²) in [5, 5.41) is 8.73. The molecule has 0 saturated carbocycles. The molecule has 0 saturated heterocycles. The number of ether oxygens (including phenoxy) is 1. The van der Waals surface area contributed by atoms with Crippen molar-refractivity contribution in [1.29, 1.82) is 0 Å². The number of anilines is 4. The second-order valence-corrected chi connectivity index (χ2v) is 6.23. The highest BCUT2D eigenvalue weighted by atomic mass is 16.5. The van der Waals surface area contributed by atoms with Crippen molar-refractivity contribution in [1.82, 2.24) is 4.98 Å². The number of para-hydroxylation sites is 2. The second kappa shape index (κ2) is 9.36. The van der Waals surface area contributed by atoms with Crippen LogP contribution in [0.4, 0.5) is 22.7 Å². The molecule has 29 heavy (non-hydrogen) atoms. The zero-order chi connectivity index (χ0) is 20.6. The van der Waals surface area contributed by atoms with Crippen molar-refractivity contribution >= 4 is 34.6 Å². The first-order chi connectivity index (χ1) is 14.0. The van der Waals surface area contributed by atoms with Crippen LogP contribution >= 0.6 is 0 Å². The molecule has 0 radical (unpaired) electrons. The third-order valence-electron chi connectivity index (χ3n) is 3.91. The molecule has 0 aliphatic carbocycles. The van der Waals surface area contributed by atoms with Crippen LogP contribution < -0.4 is 20.7 Å². The highest BCUT2D eigenvalue weighted by Gasteiger charge is 2.10. The van der Waals surface area contributed by atoms with E-state index in [2.05, 4.69) is 20.9 Å². The predicted molar refractivity (Wildman–Crippen MR) is 114 cm³/mol. The maximum atomic E-state index is 12.6. The van der Waals surface area contributed by atoms with Crippen molar-refractivity contribution in [2.45, 2.75) is 13.8 Å². The van der Waals surface area contributed by atoms with Crippen LogP contribution in [0.3, 0.4) is 0 Å². The van der Waals surface area contributed by atoms with E-state index in [4.69, 9.17) is 4.74 Å². The van der Waals surface area contributed by atoms with Gasteiger partial charge in [0, 0.05) is 24.5 Å². The van der Waals surface area contributed by atoms with Crippen LogP contribution in [0.15, 0.2) is 67.0 Å². The number of benzene rings is 2. The number of hydrogen-bond acceptors (Lipinski definition) is 5. The van der Waals surface area contributed by atoms with E-state index in [0.717, 1.165) is 11.4 Å². The number of hydrogen-bond donors (Lipinski definition) is 3. The van der Waals surface area contributed by atoms with Gasteiger partial charge in [0.2, 0.25) is 5.91 Å². The minimum absolute atomic E-state index is 0.177. The molecule has 3 rings (SSSR count). The van der Waals surface area contributed by atoms with Gasteiger partial charge < -0.3 is 20.7 Å². The normalized spacial score (nSPS) is 10.1. The van der Waals surface area contributed by atoms with Gasteiger partial charge in [0.05, 0.1) is 29.7 Å². The van der Waals surface area contributed by atoms with Crippen molar-refractivity contribution in [3.8, 4) is 5.75 Å². The summed E-state index contributed by atoms with van der Waals surface area (Å²) in [5.41, 5.74) is 3.03. The topological polar surface area (TPSA) is 92.3 Å². The molecular weight excluding hydrogens is 368 g/mol. The van der Waals surface area contributed by atoms with Crippen LogP contribution in [0.25, 0.3) is 0 Å². The number of nitrogens with zero attached hydrogens (tertiary/aromatic N) is 1. The fourth-order valence-electron chi connectivity index (χ4n) is 2.72. The Morgan fingerprint density at radius 2 is 1.69 bits per heavy atom. The Morgan fingerprint density at radius 3 is 2.45 bits per heavy atom. The van der Waals surface area contributed by atoms with Crippen LogP contribution in [0, 0.1) is 0 Å². The van der Waals surface area contributed by atoms with Crippen LogP contribution in [-0.4, -0.2) is 23.4 Å². The van der Waals surface area contributed by atoms with E-state index in [1.807, 2.05) is 31.2 Å². The number of carbonyl (C=O) groups is 2. The van der Waals surface area contributed by atoms with Crippen LogP contribution in [0.2, 0.25) is 0 Å². The van der Waals surface area contributed by atoms with Gasteiger partial charge in [-0.15, -0.1) is 0 Å². The smallest absolute Gasteiger partial charge is 0.257 e. The van der Waals surface area contributed by atoms with Crippen molar-refractivity contribution < 1.29 is 14.3 Å². The maximum absolute atomic E-state index is 12.6. The van der Waals surface area contributed by atoms with Gasteiger partial charge in [-0.1, -0.05) is 18.2 Å². The molecule has 0 bridgehead atoms. The van der Waals surface area contributed by atoms with Crippen LogP contribution in [0.1, 0.15) is 24.2 Å². The van der Waals surface area contributed by atoms with Gasteiger partial charge in [0.15, 0.2) is 0 Å². The van der Waals surface area contributed by atoms with Gasteiger partial charge in [-0.25, -0.2) is 0 Å². The Labute approximate surface area is 169 Å². The largest absolute Gasteiger partial charge is 0.492 e. The molecule has 0 aliphatic rings. The summed E-state index contributed by atoms with van der Waals surface area (Å²) < 4.78 is 5.61. The molecule has 7 nitrogen and oxygen atoms in total. The Balaban J connectivity index is 1.74. The van der Waals surface area contributed by atoms with Gasteiger partial charge in [-0.3, -0.25) is 14.6 Å². The molecule has 3 N–H and O–H groups in total. The van der Waals surface area contributed by atoms with E-state index in [1.54, 1.807) is 36.5 Å². The third kappa shape index (κ3) is 5.55. The Morgan fingerprint density at radius 1 is 0.931 bits per heavy atom.